The Morgan fingerprint density at radius 1 is 1.12 bits per heavy atom. The number of nitrogens with zero attached hydrogens (tertiary/aromatic N) is 6. The summed E-state index contributed by atoms with van der Waals surface area (Å²) in [4.78, 5) is 30.8. The molecule has 0 bridgehead atoms. The lowest BCUT2D eigenvalue weighted by Crippen LogP contribution is -2.34. The van der Waals surface area contributed by atoms with Gasteiger partial charge in [0.1, 0.15) is 35.3 Å². The maximum Gasteiger partial charge on any atom is 0.200 e. The third kappa shape index (κ3) is 3.90. The molecule has 42 heavy (non-hydrogen) atoms. The Bertz CT molecular complexity index is 1940. The van der Waals surface area contributed by atoms with E-state index in [4.69, 9.17) is 24.5 Å². The average Bonchev–Trinajstić information content (AvgIpc) is 3.53. The summed E-state index contributed by atoms with van der Waals surface area (Å²) in [5, 5.41) is 6.60. The first-order chi connectivity index (χ1) is 20.3. The van der Waals surface area contributed by atoms with Crippen molar-refractivity contribution in [2.24, 2.45) is 16.8 Å². The highest BCUT2D eigenvalue weighted by atomic mass is 19.1. The van der Waals surface area contributed by atoms with E-state index in [1.54, 1.807) is 36.7 Å². The molecule has 0 saturated carbocycles. The van der Waals surface area contributed by atoms with Crippen LogP contribution in [0.3, 0.4) is 0 Å². The minimum atomic E-state index is -0.540. The van der Waals surface area contributed by atoms with Crippen LogP contribution in [0.1, 0.15) is 57.5 Å². The third-order valence-corrected chi connectivity index (χ3v) is 9.07. The topological polar surface area (TPSA) is 89.4 Å². The molecule has 5 unspecified atom stereocenters. The van der Waals surface area contributed by atoms with Crippen molar-refractivity contribution in [1.82, 2.24) is 19.7 Å². The molecule has 5 atom stereocenters. The summed E-state index contributed by atoms with van der Waals surface area (Å²) in [5.74, 6) is 1.34. The van der Waals surface area contributed by atoms with Gasteiger partial charge in [-0.2, -0.15) is 5.10 Å². The smallest absolute Gasteiger partial charge is 0.200 e. The molecule has 9 heteroatoms. The van der Waals surface area contributed by atoms with E-state index in [2.05, 4.69) is 25.7 Å². The Hall–Kier alpha value is -4.40. The maximum absolute atomic E-state index is 14.4. The maximum atomic E-state index is 14.4. The predicted octanol–water partition coefficient (Wildman–Crippen LogP) is 6.39. The summed E-state index contributed by atoms with van der Waals surface area (Å²) in [6.07, 6.45) is 2.53. The van der Waals surface area contributed by atoms with Crippen LogP contribution in [0.15, 0.2) is 69.1 Å². The van der Waals surface area contributed by atoms with E-state index < -0.39 is 11.9 Å². The lowest BCUT2D eigenvalue weighted by molar-refractivity contribution is 0.428. The third-order valence-electron chi connectivity index (χ3n) is 9.07. The summed E-state index contributed by atoms with van der Waals surface area (Å²) in [6.45, 7) is 9.40. The molecule has 2 aliphatic rings. The van der Waals surface area contributed by atoms with Crippen LogP contribution in [-0.2, 0) is 0 Å². The number of benzene rings is 2. The second-order valence-corrected chi connectivity index (χ2v) is 11.7. The Balaban J connectivity index is 1.50. The zero-order valence-electron chi connectivity index (χ0n) is 24.4. The van der Waals surface area contributed by atoms with Crippen LogP contribution < -0.4 is 10.3 Å². The van der Waals surface area contributed by atoms with Crippen molar-refractivity contribution in [3.05, 3.63) is 82.4 Å². The number of aromatic nitrogens is 4. The summed E-state index contributed by atoms with van der Waals surface area (Å²) >= 11 is 0. The summed E-state index contributed by atoms with van der Waals surface area (Å²) < 4.78 is 22.8. The van der Waals surface area contributed by atoms with Gasteiger partial charge in [0.25, 0.3) is 0 Å². The molecule has 3 aromatic heterocycles. The highest BCUT2D eigenvalue weighted by Crippen LogP contribution is 2.45. The van der Waals surface area contributed by atoms with Gasteiger partial charge in [-0.15, -0.1) is 0 Å². The van der Waals surface area contributed by atoms with Gasteiger partial charge in [-0.05, 0) is 49.1 Å². The van der Waals surface area contributed by atoms with E-state index in [0.29, 0.717) is 33.5 Å². The molecular weight excluding hydrogens is 531 g/mol. The van der Waals surface area contributed by atoms with Crippen molar-refractivity contribution in [3.8, 4) is 11.1 Å². The van der Waals surface area contributed by atoms with Crippen molar-refractivity contribution in [3.63, 3.8) is 0 Å². The molecule has 0 N–H and O–H groups in total. The number of para-hydroxylation sites is 1. The minimum absolute atomic E-state index is 0.0330. The van der Waals surface area contributed by atoms with Crippen molar-refractivity contribution < 1.29 is 8.81 Å². The van der Waals surface area contributed by atoms with Crippen LogP contribution in [0.2, 0.25) is 0 Å². The van der Waals surface area contributed by atoms with Gasteiger partial charge < -0.3 is 9.32 Å². The van der Waals surface area contributed by atoms with Crippen molar-refractivity contribution in [1.29, 1.82) is 0 Å². The van der Waals surface area contributed by atoms with Crippen molar-refractivity contribution >= 4 is 33.5 Å². The van der Waals surface area contributed by atoms with Crippen LogP contribution in [0.5, 0.6) is 0 Å². The molecule has 8 nitrogen and oxygen atoms in total. The molecule has 5 heterocycles. The average molecular weight is 565 g/mol. The van der Waals surface area contributed by atoms with Crippen molar-refractivity contribution in [2.75, 3.05) is 18.5 Å². The molecule has 0 fully saturated rings. The van der Waals surface area contributed by atoms with Crippen LogP contribution in [0.25, 0.3) is 33.1 Å². The fourth-order valence-corrected chi connectivity index (χ4v) is 7.00. The monoisotopic (exact) mass is 564 g/mol. The second kappa shape index (κ2) is 9.86. The fourth-order valence-electron chi connectivity index (χ4n) is 7.00. The van der Waals surface area contributed by atoms with E-state index >= 15 is 0 Å². The number of hydrogen-bond acceptors (Lipinski definition) is 7. The predicted molar refractivity (Wildman–Crippen MR) is 163 cm³/mol. The molecule has 0 spiro atoms. The Morgan fingerprint density at radius 3 is 2.71 bits per heavy atom. The Kier molecular flexibility index (Phi) is 6.22. The number of fused-ring (bicyclic) bond motifs is 3. The van der Waals surface area contributed by atoms with E-state index in [1.807, 2.05) is 24.7 Å². The molecule has 7 rings (SSSR count). The summed E-state index contributed by atoms with van der Waals surface area (Å²) in [7, 11) is 2.05. The second-order valence-electron chi connectivity index (χ2n) is 11.7. The number of rotatable bonds is 4. The van der Waals surface area contributed by atoms with E-state index in [0.717, 1.165) is 29.9 Å². The van der Waals surface area contributed by atoms with Gasteiger partial charge in [0, 0.05) is 31.1 Å². The standard InChI is InChI=1S/C33H33FN6O2/c1-6-23-18(3)25-28(37-23)17(2)15-39(5)32-27-29(25)38-40(33(27)36-16-35-32)19(4)31-26(20-10-9-11-21(34)14-20)30(41)22-12-7-8-13-24(22)42-31/h7-14,16-19,23,25H,6,15H2,1-5H3. The first kappa shape index (κ1) is 26.5. The number of hydrogen-bond donors (Lipinski definition) is 0. The molecular formula is C33H33FN6O2. The first-order valence-corrected chi connectivity index (χ1v) is 14.6. The van der Waals surface area contributed by atoms with Crippen molar-refractivity contribution in [2.45, 2.75) is 52.1 Å². The van der Waals surface area contributed by atoms with Gasteiger partial charge in [-0.3, -0.25) is 9.79 Å². The van der Waals surface area contributed by atoms with Gasteiger partial charge >= 0.3 is 0 Å². The van der Waals surface area contributed by atoms with Crippen LogP contribution >= 0.6 is 0 Å². The lowest BCUT2D eigenvalue weighted by atomic mass is 9.80. The zero-order valence-corrected chi connectivity index (χ0v) is 24.4. The van der Waals surface area contributed by atoms with Crippen LogP contribution in [-0.4, -0.2) is 45.1 Å². The van der Waals surface area contributed by atoms with Gasteiger partial charge in [-0.25, -0.2) is 19.0 Å². The van der Waals surface area contributed by atoms with Gasteiger partial charge in [0.2, 0.25) is 5.43 Å². The van der Waals surface area contributed by atoms with E-state index in [-0.39, 0.29) is 29.2 Å². The van der Waals surface area contributed by atoms with Gasteiger partial charge in [0.05, 0.1) is 28.1 Å². The summed E-state index contributed by atoms with van der Waals surface area (Å²) in [6, 6.07) is 12.9. The highest BCUT2D eigenvalue weighted by molar-refractivity contribution is 6.02. The molecule has 2 aliphatic heterocycles. The van der Waals surface area contributed by atoms with Crippen LogP contribution in [0, 0.1) is 17.7 Å². The fraction of sp³-hybridized carbons (Fsp3) is 0.364. The van der Waals surface area contributed by atoms with E-state index in [1.165, 1.54) is 17.8 Å². The quantitative estimate of drug-likeness (QED) is 0.251. The molecule has 0 aliphatic carbocycles. The molecule has 5 aromatic rings. The normalized spacial score (nSPS) is 22.6. The lowest BCUT2D eigenvalue weighted by Gasteiger charge is -2.29. The van der Waals surface area contributed by atoms with Gasteiger partial charge in [0.15, 0.2) is 5.65 Å². The molecule has 0 saturated heterocycles. The zero-order chi connectivity index (χ0) is 29.3. The number of anilines is 1. The molecule has 0 amide bonds. The summed E-state index contributed by atoms with van der Waals surface area (Å²) in [5.41, 5.74) is 3.77. The largest absolute Gasteiger partial charge is 0.458 e. The number of halogens is 1. The SMILES string of the molecule is CCC1N=C2C(C)CN(C)c3ncnc4c3c(nn4C(C)c3oc4ccccc4c(=O)c3-c3cccc(F)c3)C2C1C. The molecule has 0 radical (unpaired) electrons. The molecule has 214 valence electrons. The minimum Gasteiger partial charge on any atom is -0.458 e. The van der Waals surface area contributed by atoms with Gasteiger partial charge in [-0.1, -0.05) is 45.0 Å². The number of aliphatic imine (C=N–C) groups is 1. The Morgan fingerprint density at radius 2 is 1.93 bits per heavy atom. The highest BCUT2D eigenvalue weighted by Gasteiger charge is 2.43. The Labute approximate surface area is 242 Å². The first-order valence-electron chi connectivity index (χ1n) is 14.6. The van der Waals surface area contributed by atoms with Crippen LogP contribution in [0.4, 0.5) is 10.2 Å². The molecule has 2 aromatic carbocycles. The van der Waals surface area contributed by atoms with E-state index in [9.17, 15) is 9.18 Å².